The van der Waals surface area contributed by atoms with E-state index in [-0.39, 0.29) is 18.8 Å². The lowest BCUT2D eigenvalue weighted by Gasteiger charge is -2.46. The first-order valence-corrected chi connectivity index (χ1v) is 10.1. The summed E-state index contributed by atoms with van der Waals surface area (Å²) < 4.78 is 74.6. The van der Waals surface area contributed by atoms with Gasteiger partial charge in [0.2, 0.25) is 5.95 Å². The number of aliphatic carboxylic acids is 1. The Labute approximate surface area is 185 Å². The van der Waals surface area contributed by atoms with E-state index >= 15 is 0 Å². The molecular weight excluding hydrogens is 454 g/mol. The zero-order chi connectivity index (χ0) is 24.3. The van der Waals surface area contributed by atoms with E-state index in [0.29, 0.717) is 38.5 Å². The Morgan fingerprint density at radius 1 is 1.03 bits per heavy atom. The van der Waals surface area contributed by atoms with Gasteiger partial charge in [0.05, 0.1) is 5.41 Å². The molecule has 1 atom stereocenters. The summed E-state index contributed by atoms with van der Waals surface area (Å²) >= 11 is 0. The molecule has 2 fully saturated rings. The normalized spacial score (nSPS) is 22.7. The Bertz CT molecular complexity index is 942. The van der Waals surface area contributed by atoms with Crippen molar-refractivity contribution in [3.05, 3.63) is 54.1 Å². The van der Waals surface area contributed by atoms with Crippen LogP contribution in [0, 0.1) is 11.2 Å². The third kappa shape index (κ3) is 5.92. The molecule has 1 spiro atoms. The maximum absolute atomic E-state index is 14.9. The highest BCUT2D eigenvalue weighted by atomic mass is 19.4. The van der Waals surface area contributed by atoms with Crippen molar-refractivity contribution in [3.63, 3.8) is 0 Å². The minimum Gasteiger partial charge on any atom is -0.475 e. The van der Waals surface area contributed by atoms with Crippen LogP contribution in [0.1, 0.15) is 18.4 Å². The van der Waals surface area contributed by atoms with E-state index in [1.54, 1.807) is 30.6 Å². The number of carboxylic acids is 1. The van der Waals surface area contributed by atoms with Crippen molar-refractivity contribution < 1.29 is 36.2 Å². The summed E-state index contributed by atoms with van der Waals surface area (Å²) in [6.07, 6.45) is -1.56. The summed E-state index contributed by atoms with van der Waals surface area (Å²) in [5.74, 6) is -5.25. The van der Waals surface area contributed by atoms with Gasteiger partial charge in [-0.15, -0.1) is 0 Å². The SMILES string of the molecule is Fc1ccc(CN2CCC(F)(F)C3(CCN(c4ncccn4)C3)C2)cc1.O=C(O)C(F)(F)F. The first kappa shape index (κ1) is 24.7. The maximum atomic E-state index is 14.9. The van der Waals surface area contributed by atoms with E-state index < -0.39 is 23.5 Å². The molecule has 0 bridgehead atoms. The molecule has 1 aromatic heterocycles. The fourth-order valence-electron chi connectivity index (χ4n) is 4.09. The standard InChI is InChI=1S/C19H21F3N4.C2HF3O2/c20-16-4-2-15(3-5-16)12-25-10-7-19(21,22)18(13-25)6-11-26(14-18)17-23-8-1-9-24-17;3-2(4,5)1(6)7/h1-5,8-9H,6-7,10-14H2;(H,6,7). The largest absolute Gasteiger partial charge is 0.490 e. The van der Waals surface area contributed by atoms with Crippen LogP contribution in [-0.2, 0) is 11.3 Å². The predicted octanol–water partition coefficient (Wildman–Crippen LogP) is 3.99. The van der Waals surface area contributed by atoms with Gasteiger partial charge in [-0.05, 0) is 30.2 Å². The van der Waals surface area contributed by atoms with Crippen molar-refractivity contribution in [1.29, 1.82) is 0 Å². The second-order valence-electron chi connectivity index (χ2n) is 8.10. The van der Waals surface area contributed by atoms with Gasteiger partial charge in [0.15, 0.2) is 0 Å². The Morgan fingerprint density at radius 2 is 1.64 bits per heavy atom. The molecule has 180 valence electrons. The first-order valence-electron chi connectivity index (χ1n) is 10.1. The third-order valence-electron chi connectivity index (χ3n) is 5.79. The summed E-state index contributed by atoms with van der Waals surface area (Å²) in [7, 11) is 0. The maximum Gasteiger partial charge on any atom is 0.490 e. The van der Waals surface area contributed by atoms with Gasteiger partial charge < -0.3 is 10.0 Å². The van der Waals surface area contributed by atoms with Gasteiger partial charge in [-0.3, -0.25) is 4.90 Å². The Balaban J connectivity index is 0.000000383. The highest BCUT2D eigenvalue weighted by molar-refractivity contribution is 5.73. The van der Waals surface area contributed by atoms with Gasteiger partial charge in [-0.25, -0.2) is 27.9 Å². The minimum atomic E-state index is -5.08. The van der Waals surface area contributed by atoms with Crippen LogP contribution in [0.4, 0.5) is 32.3 Å². The number of rotatable bonds is 3. The number of piperidine rings is 1. The van der Waals surface area contributed by atoms with Crippen molar-refractivity contribution >= 4 is 11.9 Å². The molecule has 1 N–H and O–H groups in total. The lowest BCUT2D eigenvalue weighted by molar-refractivity contribution is -0.192. The van der Waals surface area contributed by atoms with Crippen LogP contribution in [-0.4, -0.2) is 64.2 Å². The predicted molar refractivity (Wildman–Crippen MR) is 106 cm³/mol. The Morgan fingerprint density at radius 3 is 2.21 bits per heavy atom. The fourth-order valence-corrected chi connectivity index (χ4v) is 4.09. The van der Waals surface area contributed by atoms with E-state index in [2.05, 4.69) is 14.9 Å². The fraction of sp³-hybridized carbons (Fsp3) is 0.476. The smallest absolute Gasteiger partial charge is 0.475 e. The summed E-state index contributed by atoms with van der Waals surface area (Å²) in [6.45, 7) is 2.00. The number of anilines is 1. The molecule has 0 radical (unpaired) electrons. The summed E-state index contributed by atoms with van der Waals surface area (Å²) in [5.41, 5.74) is -0.155. The average molecular weight is 476 g/mol. The lowest BCUT2D eigenvalue weighted by Crippen LogP contribution is -2.56. The summed E-state index contributed by atoms with van der Waals surface area (Å²) in [6, 6.07) is 7.97. The van der Waals surface area contributed by atoms with E-state index in [4.69, 9.17) is 9.90 Å². The van der Waals surface area contributed by atoms with Crippen LogP contribution < -0.4 is 4.90 Å². The van der Waals surface area contributed by atoms with Crippen LogP contribution in [0.2, 0.25) is 0 Å². The molecule has 0 aliphatic carbocycles. The molecule has 33 heavy (non-hydrogen) atoms. The quantitative estimate of drug-likeness (QED) is 0.676. The molecule has 12 heteroatoms. The minimum absolute atomic E-state index is 0.155. The van der Waals surface area contributed by atoms with Crippen molar-refractivity contribution in [2.24, 2.45) is 5.41 Å². The van der Waals surface area contributed by atoms with E-state index in [1.807, 2.05) is 4.90 Å². The van der Waals surface area contributed by atoms with Crippen LogP contribution >= 0.6 is 0 Å². The molecule has 1 aromatic carbocycles. The Hall–Kier alpha value is -2.89. The number of aromatic nitrogens is 2. The highest BCUT2D eigenvalue weighted by Crippen LogP contribution is 2.50. The number of hydrogen-bond acceptors (Lipinski definition) is 5. The van der Waals surface area contributed by atoms with Crippen LogP contribution in [0.25, 0.3) is 0 Å². The first-order chi connectivity index (χ1) is 15.4. The second-order valence-corrected chi connectivity index (χ2v) is 8.10. The van der Waals surface area contributed by atoms with Crippen LogP contribution in [0.15, 0.2) is 42.7 Å². The van der Waals surface area contributed by atoms with Crippen molar-refractivity contribution in [2.75, 3.05) is 31.1 Å². The molecule has 3 heterocycles. The van der Waals surface area contributed by atoms with Crippen molar-refractivity contribution in [1.82, 2.24) is 14.9 Å². The van der Waals surface area contributed by atoms with Gasteiger partial charge in [0, 0.05) is 51.5 Å². The molecule has 2 aliphatic rings. The number of carbonyl (C=O) groups is 1. The number of benzene rings is 1. The van der Waals surface area contributed by atoms with Crippen LogP contribution in [0.3, 0.4) is 0 Å². The van der Waals surface area contributed by atoms with Gasteiger partial charge in [-0.2, -0.15) is 13.2 Å². The number of nitrogens with zero attached hydrogens (tertiary/aromatic N) is 4. The third-order valence-corrected chi connectivity index (χ3v) is 5.79. The number of carboxylic acid groups (broad SMARTS) is 1. The molecule has 2 aliphatic heterocycles. The number of likely N-dealkylation sites (tertiary alicyclic amines) is 1. The molecule has 2 aromatic rings. The van der Waals surface area contributed by atoms with E-state index in [1.165, 1.54) is 12.1 Å². The van der Waals surface area contributed by atoms with Crippen molar-refractivity contribution in [3.8, 4) is 0 Å². The topological polar surface area (TPSA) is 69.6 Å². The molecule has 2 saturated heterocycles. The molecule has 0 amide bonds. The average Bonchev–Trinajstić information content (AvgIpc) is 3.19. The lowest BCUT2D eigenvalue weighted by atomic mass is 9.75. The summed E-state index contributed by atoms with van der Waals surface area (Å²) in [5, 5.41) is 7.12. The molecule has 0 saturated carbocycles. The number of alkyl halides is 5. The van der Waals surface area contributed by atoms with Gasteiger partial charge in [-0.1, -0.05) is 12.1 Å². The summed E-state index contributed by atoms with van der Waals surface area (Å²) in [4.78, 5) is 21.2. The highest BCUT2D eigenvalue weighted by Gasteiger charge is 2.59. The molecular formula is C21H22F6N4O2. The number of hydrogen-bond donors (Lipinski definition) is 1. The van der Waals surface area contributed by atoms with Gasteiger partial charge in [0.25, 0.3) is 5.92 Å². The number of halogens is 6. The molecule has 6 nitrogen and oxygen atoms in total. The Kier molecular flexibility index (Phi) is 7.15. The van der Waals surface area contributed by atoms with Crippen molar-refractivity contribution in [2.45, 2.75) is 31.5 Å². The van der Waals surface area contributed by atoms with E-state index in [0.717, 1.165) is 5.56 Å². The zero-order valence-corrected chi connectivity index (χ0v) is 17.4. The molecule has 1 unspecified atom stereocenters. The van der Waals surface area contributed by atoms with Gasteiger partial charge >= 0.3 is 12.1 Å². The van der Waals surface area contributed by atoms with Crippen LogP contribution in [0.5, 0.6) is 0 Å². The monoisotopic (exact) mass is 476 g/mol. The zero-order valence-electron chi connectivity index (χ0n) is 17.4. The second kappa shape index (κ2) is 9.54. The molecule has 4 rings (SSSR count). The van der Waals surface area contributed by atoms with E-state index in [9.17, 15) is 26.3 Å². The van der Waals surface area contributed by atoms with Gasteiger partial charge in [0.1, 0.15) is 5.82 Å².